The maximum Gasteiger partial charge on any atom is 0.237 e. The summed E-state index contributed by atoms with van der Waals surface area (Å²) in [6.45, 7) is 1.10. The average Bonchev–Trinajstić information content (AvgIpc) is 3.25. The number of hydrogen-bond acceptors (Lipinski definition) is 7. The molecule has 0 bridgehead atoms. The van der Waals surface area contributed by atoms with Crippen LogP contribution >= 0.6 is 11.3 Å². The summed E-state index contributed by atoms with van der Waals surface area (Å²) in [6, 6.07) is 1.94. The minimum absolute atomic E-state index is 0.131. The van der Waals surface area contributed by atoms with E-state index in [9.17, 15) is 13.2 Å². The van der Waals surface area contributed by atoms with Gasteiger partial charge in [-0.05, 0) is 30.2 Å². The van der Waals surface area contributed by atoms with Crippen LogP contribution in [0.2, 0.25) is 0 Å². The van der Waals surface area contributed by atoms with Crippen molar-refractivity contribution in [1.82, 2.24) is 19.3 Å². The van der Waals surface area contributed by atoms with Gasteiger partial charge in [-0.2, -0.15) is 20.6 Å². The zero-order valence-electron chi connectivity index (χ0n) is 14.8. The van der Waals surface area contributed by atoms with Crippen LogP contribution < -0.4 is 0 Å². The zero-order valence-corrected chi connectivity index (χ0v) is 16.4. The molecule has 142 valence electrons. The molecular formula is C16H22N4O4S2. The summed E-state index contributed by atoms with van der Waals surface area (Å²) in [6.07, 6.45) is 3.56. The maximum atomic E-state index is 12.4. The number of rotatable bonds is 6. The summed E-state index contributed by atoms with van der Waals surface area (Å²) in [4.78, 5) is 18.5. The molecule has 2 aromatic heterocycles. The first kappa shape index (κ1) is 19.0. The van der Waals surface area contributed by atoms with Crippen molar-refractivity contribution in [2.24, 2.45) is 5.92 Å². The second-order valence-corrected chi connectivity index (χ2v) is 9.46. The Morgan fingerprint density at radius 2 is 2.31 bits per heavy atom. The average molecular weight is 399 g/mol. The highest BCUT2D eigenvalue weighted by molar-refractivity contribution is 7.88. The number of likely N-dealkylation sites (N-methyl/N-ethyl adjacent to an activating group) is 1. The van der Waals surface area contributed by atoms with Crippen LogP contribution in [0.25, 0.3) is 11.4 Å². The van der Waals surface area contributed by atoms with Crippen molar-refractivity contribution in [2.75, 3.05) is 32.9 Å². The van der Waals surface area contributed by atoms with Crippen LogP contribution in [0.3, 0.4) is 0 Å². The fourth-order valence-corrected chi connectivity index (χ4v) is 3.94. The smallest absolute Gasteiger partial charge is 0.237 e. The second kappa shape index (κ2) is 7.85. The number of thiophene rings is 1. The highest BCUT2D eigenvalue weighted by atomic mass is 32.2. The van der Waals surface area contributed by atoms with Crippen LogP contribution in [-0.4, -0.2) is 66.6 Å². The van der Waals surface area contributed by atoms with E-state index in [0.29, 0.717) is 31.2 Å². The van der Waals surface area contributed by atoms with Gasteiger partial charge in [0, 0.05) is 37.5 Å². The SMILES string of the molecule is CN(CC(=O)N1CCC[C@H](Cc2nc(-c3ccsc3)no2)C1)S(C)(=O)=O. The van der Waals surface area contributed by atoms with Gasteiger partial charge in [0.2, 0.25) is 27.6 Å². The van der Waals surface area contributed by atoms with E-state index >= 15 is 0 Å². The highest BCUT2D eigenvalue weighted by Gasteiger charge is 2.27. The predicted molar refractivity (Wildman–Crippen MR) is 98.1 cm³/mol. The molecule has 1 aliphatic heterocycles. The van der Waals surface area contributed by atoms with Crippen molar-refractivity contribution < 1.29 is 17.7 Å². The normalized spacial score (nSPS) is 18.4. The molecule has 3 rings (SSSR count). The molecule has 10 heteroatoms. The molecule has 2 aromatic rings. The number of carbonyl (C=O) groups is 1. The molecular weight excluding hydrogens is 376 g/mol. The van der Waals surface area contributed by atoms with Crippen LogP contribution in [0, 0.1) is 5.92 Å². The summed E-state index contributed by atoms with van der Waals surface area (Å²) in [5, 5.41) is 7.94. The van der Waals surface area contributed by atoms with Gasteiger partial charge in [-0.25, -0.2) is 8.42 Å². The standard InChI is InChI=1S/C16H22N4O4S2/c1-19(26(2,22)23)10-15(21)20-6-3-4-12(9-20)8-14-17-16(18-24-14)13-5-7-25-11-13/h5,7,11-12H,3-4,6,8-10H2,1-2H3/t12-/m1/s1. The molecule has 0 saturated carbocycles. The Morgan fingerprint density at radius 1 is 1.50 bits per heavy atom. The van der Waals surface area contributed by atoms with Crippen molar-refractivity contribution >= 4 is 27.3 Å². The van der Waals surface area contributed by atoms with E-state index in [-0.39, 0.29) is 18.4 Å². The molecule has 8 nitrogen and oxygen atoms in total. The molecule has 0 spiro atoms. The third-order valence-electron chi connectivity index (χ3n) is 4.51. The molecule has 0 radical (unpaired) electrons. The van der Waals surface area contributed by atoms with Crippen LogP contribution in [0.15, 0.2) is 21.3 Å². The van der Waals surface area contributed by atoms with Gasteiger partial charge in [0.25, 0.3) is 0 Å². The fourth-order valence-electron chi connectivity index (χ4n) is 2.96. The van der Waals surface area contributed by atoms with E-state index in [1.54, 1.807) is 16.2 Å². The third kappa shape index (κ3) is 4.68. The Kier molecular flexibility index (Phi) is 5.73. The second-order valence-electron chi connectivity index (χ2n) is 6.59. The van der Waals surface area contributed by atoms with Crippen LogP contribution in [0.1, 0.15) is 18.7 Å². The fraction of sp³-hybridized carbons (Fsp3) is 0.562. The monoisotopic (exact) mass is 398 g/mol. The number of aromatic nitrogens is 2. The van der Waals surface area contributed by atoms with E-state index in [4.69, 9.17) is 4.52 Å². The summed E-state index contributed by atoms with van der Waals surface area (Å²) in [7, 11) is -1.95. The lowest BCUT2D eigenvalue weighted by Gasteiger charge is -2.33. The van der Waals surface area contributed by atoms with Gasteiger partial charge in [0.1, 0.15) is 0 Å². The van der Waals surface area contributed by atoms with E-state index in [0.717, 1.165) is 29.0 Å². The molecule has 1 atom stereocenters. The molecule has 1 amide bonds. The number of piperidine rings is 1. The third-order valence-corrected chi connectivity index (χ3v) is 6.45. The number of likely N-dealkylation sites (tertiary alicyclic amines) is 1. The lowest BCUT2D eigenvalue weighted by atomic mass is 9.94. The van der Waals surface area contributed by atoms with Gasteiger partial charge in [0.05, 0.1) is 12.8 Å². The Bertz CT molecular complexity index is 847. The van der Waals surface area contributed by atoms with Gasteiger partial charge in [-0.1, -0.05) is 5.16 Å². The molecule has 0 aromatic carbocycles. The van der Waals surface area contributed by atoms with Crippen LogP contribution in [0.4, 0.5) is 0 Å². The van der Waals surface area contributed by atoms with Gasteiger partial charge in [0.15, 0.2) is 0 Å². The highest BCUT2D eigenvalue weighted by Crippen LogP contribution is 2.23. The number of amides is 1. The van der Waals surface area contributed by atoms with Crippen molar-refractivity contribution in [2.45, 2.75) is 19.3 Å². The molecule has 3 heterocycles. The number of nitrogens with zero attached hydrogens (tertiary/aromatic N) is 4. The number of carbonyl (C=O) groups excluding carboxylic acids is 1. The van der Waals surface area contributed by atoms with Gasteiger partial charge >= 0.3 is 0 Å². The van der Waals surface area contributed by atoms with Gasteiger partial charge in [-0.3, -0.25) is 4.79 Å². The van der Waals surface area contributed by atoms with E-state index in [2.05, 4.69) is 10.1 Å². The Hall–Kier alpha value is -1.78. The largest absolute Gasteiger partial charge is 0.341 e. The molecule has 26 heavy (non-hydrogen) atoms. The number of sulfonamides is 1. The zero-order chi connectivity index (χ0) is 18.7. The molecule has 1 saturated heterocycles. The van der Waals surface area contributed by atoms with E-state index in [1.165, 1.54) is 7.05 Å². The molecule has 0 aliphatic carbocycles. The molecule has 1 aliphatic rings. The first-order valence-corrected chi connectivity index (χ1v) is 11.2. The molecule has 0 unspecified atom stereocenters. The van der Waals surface area contributed by atoms with Crippen molar-refractivity contribution in [3.8, 4) is 11.4 Å². The summed E-state index contributed by atoms with van der Waals surface area (Å²) in [5.41, 5.74) is 0.939. The lowest BCUT2D eigenvalue weighted by Crippen LogP contribution is -2.45. The topological polar surface area (TPSA) is 96.6 Å². The lowest BCUT2D eigenvalue weighted by molar-refractivity contribution is -0.133. The Labute approximate surface area is 156 Å². The minimum atomic E-state index is -3.36. The Morgan fingerprint density at radius 3 is 3.00 bits per heavy atom. The number of hydrogen-bond donors (Lipinski definition) is 0. The maximum absolute atomic E-state index is 12.4. The summed E-state index contributed by atoms with van der Waals surface area (Å²) < 4.78 is 29.4. The van der Waals surface area contributed by atoms with Crippen LogP contribution in [-0.2, 0) is 21.2 Å². The quantitative estimate of drug-likeness (QED) is 0.731. The first-order chi connectivity index (χ1) is 12.3. The van der Waals surface area contributed by atoms with Crippen molar-refractivity contribution in [3.05, 3.63) is 22.7 Å². The summed E-state index contributed by atoms with van der Waals surface area (Å²) >= 11 is 1.58. The van der Waals surface area contributed by atoms with Gasteiger partial charge in [-0.15, -0.1) is 0 Å². The van der Waals surface area contributed by atoms with Crippen molar-refractivity contribution in [1.29, 1.82) is 0 Å². The first-order valence-electron chi connectivity index (χ1n) is 8.37. The molecule has 0 N–H and O–H groups in total. The van der Waals surface area contributed by atoms with Crippen LogP contribution in [0.5, 0.6) is 0 Å². The Balaban J connectivity index is 1.58. The van der Waals surface area contributed by atoms with Gasteiger partial charge < -0.3 is 9.42 Å². The minimum Gasteiger partial charge on any atom is -0.341 e. The predicted octanol–water partition coefficient (Wildman–Crippen LogP) is 1.47. The van der Waals surface area contributed by atoms with E-state index in [1.807, 2.05) is 16.8 Å². The van der Waals surface area contributed by atoms with Crippen molar-refractivity contribution in [3.63, 3.8) is 0 Å². The van der Waals surface area contributed by atoms with E-state index < -0.39 is 10.0 Å². The molecule has 1 fully saturated rings. The summed E-state index contributed by atoms with van der Waals surface area (Å²) in [5.74, 6) is 1.21.